The molecule has 78 valence electrons. The predicted octanol–water partition coefficient (Wildman–Crippen LogP) is 0.956. The summed E-state index contributed by atoms with van der Waals surface area (Å²) in [5, 5.41) is 13.7. The third kappa shape index (κ3) is 2.67. The van der Waals surface area contributed by atoms with E-state index in [1.165, 1.54) is 6.92 Å². The highest BCUT2D eigenvalue weighted by molar-refractivity contribution is 5.61. The molecule has 14 heavy (non-hydrogen) atoms. The summed E-state index contributed by atoms with van der Waals surface area (Å²) in [6.07, 6.45) is 2.65. The van der Waals surface area contributed by atoms with Crippen molar-refractivity contribution < 1.29 is 9.90 Å². The first kappa shape index (κ1) is 10.9. The lowest BCUT2D eigenvalue weighted by atomic mass is 10.0. The summed E-state index contributed by atoms with van der Waals surface area (Å²) in [7, 11) is 0. The molecule has 0 spiro atoms. The first-order chi connectivity index (χ1) is 6.44. The fourth-order valence-electron chi connectivity index (χ4n) is 1.17. The van der Waals surface area contributed by atoms with Crippen LogP contribution in [-0.4, -0.2) is 26.8 Å². The third-order valence-corrected chi connectivity index (χ3v) is 1.99. The molecule has 0 saturated carbocycles. The number of hydrogen-bond acceptors (Lipinski definition) is 3. The van der Waals surface area contributed by atoms with Gasteiger partial charge >= 0.3 is 0 Å². The van der Waals surface area contributed by atoms with Crippen LogP contribution in [0.3, 0.4) is 0 Å². The maximum atomic E-state index is 10.5. The lowest BCUT2D eigenvalue weighted by Crippen LogP contribution is -2.29. The summed E-state index contributed by atoms with van der Waals surface area (Å²) in [5.41, 5.74) is -0.577. The normalized spacial score (nSPS) is 15.5. The SMILES string of the molecule is CC(C)n1ccc(CC(C)(O)C=O)n1. The van der Waals surface area contributed by atoms with Gasteiger partial charge in [0.2, 0.25) is 0 Å². The number of nitrogens with zero attached hydrogens (tertiary/aromatic N) is 2. The van der Waals surface area contributed by atoms with Crippen LogP contribution in [-0.2, 0) is 11.2 Å². The number of carbonyl (C=O) groups excluding carboxylic acids is 1. The summed E-state index contributed by atoms with van der Waals surface area (Å²) >= 11 is 0. The number of aldehydes is 1. The van der Waals surface area contributed by atoms with Gasteiger partial charge in [-0.05, 0) is 26.8 Å². The van der Waals surface area contributed by atoms with Crippen LogP contribution in [0.5, 0.6) is 0 Å². The molecule has 1 atom stereocenters. The van der Waals surface area contributed by atoms with E-state index in [-0.39, 0.29) is 6.42 Å². The first-order valence-electron chi connectivity index (χ1n) is 4.67. The molecule has 0 radical (unpaired) electrons. The van der Waals surface area contributed by atoms with Crippen molar-refractivity contribution in [2.45, 2.75) is 38.8 Å². The highest BCUT2D eigenvalue weighted by Gasteiger charge is 2.21. The van der Waals surface area contributed by atoms with Crippen LogP contribution in [0.15, 0.2) is 12.3 Å². The van der Waals surface area contributed by atoms with Crippen molar-refractivity contribution in [2.75, 3.05) is 0 Å². The molecule has 0 aliphatic heterocycles. The van der Waals surface area contributed by atoms with Crippen molar-refractivity contribution in [3.63, 3.8) is 0 Å². The standard InChI is InChI=1S/C10H16N2O2/c1-8(2)12-5-4-9(11-12)6-10(3,14)7-13/h4-5,7-8,14H,6H2,1-3H3. The molecule has 0 aromatic carbocycles. The monoisotopic (exact) mass is 196 g/mol. The zero-order chi connectivity index (χ0) is 10.8. The van der Waals surface area contributed by atoms with E-state index in [4.69, 9.17) is 0 Å². The zero-order valence-electron chi connectivity index (χ0n) is 8.77. The minimum absolute atomic E-state index is 0.260. The average molecular weight is 196 g/mol. The molecule has 1 aromatic heterocycles. The largest absolute Gasteiger partial charge is 0.382 e. The molecular weight excluding hydrogens is 180 g/mol. The van der Waals surface area contributed by atoms with E-state index < -0.39 is 5.60 Å². The highest BCUT2D eigenvalue weighted by atomic mass is 16.3. The van der Waals surface area contributed by atoms with Crippen LogP contribution < -0.4 is 0 Å². The second-order valence-electron chi connectivity index (χ2n) is 4.03. The van der Waals surface area contributed by atoms with Crippen LogP contribution in [0, 0.1) is 0 Å². The first-order valence-corrected chi connectivity index (χ1v) is 4.67. The molecule has 0 aliphatic carbocycles. The molecule has 1 N–H and O–H groups in total. The molecular formula is C10H16N2O2. The van der Waals surface area contributed by atoms with Crippen LogP contribution in [0.25, 0.3) is 0 Å². The van der Waals surface area contributed by atoms with E-state index in [1.54, 1.807) is 4.68 Å². The lowest BCUT2D eigenvalue weighted by Gasteiger charge is -2.13. The van der Waals surface area contributed by atoms with Crippen molar-refractivity contribution in [1.82, 2.24) is 9.78 Å². The molecule has 1 rings (SSSR count). The maximum absolute atomic E-state index is 10.5. The predicted molar refractivity (Wildman–Crippen MR) is 53.0 cm³/mol. The Hall–Kier alpha value is -1.16. The number of hydrogen-bond donors (Lipinski definition) is 1. The molecule has 0 amide bonds. The highest BCUT2D eigenvalue weighted by Crippen LogP contribution is 2.10. The Bertz CT molecular complexity index is 316. The maximum Gasteiger partial charge on any atom is 0.151 e. The van der Waals surface area contributed by atoms with E-state index in [9.17, 15) is 9.90 Å². The van der Waals surface area contributed by atoms with Crippen LogP contribution in [0.1, 0.15) is 32.5 Å². The van der Waals surface area contributed by atoms with E-state index in [1.807, 2.05) is 26.1 Å². The Morgan fingerprint density at radius 3 is 2.79 bits per heavy atom. The van der Waals surface area contributed by atoms with Gasteiger partial charge in [0.05, 0.1) is 5.69 Å². The summed E-state index contributed by atoms with van der Waals surface area (Å²) in [6, 6.07) is 2.11. The molecule has 4 heteroatoms. The van der Waals surface area contributed by atoms with Gasteiger partial charge in [0.15, 0.2) is 6.29 Å². The molecule has 1 heterocycles. The molecule has 4 nitrogen and oxygen atoms in total. The van der Waals surface area contributed by atoms with Crippen molar-refractivity contribution in [3.8, 4) is 0 Å². The van der Waals surface area contributed by atoms with Gasteiger partial charge < -0.3 is 9.90 Å². The zero-order valence-corrected chi connectivity index (χ0v) is 8.77. The van der Waals surface area contributed by atoms with Crippen LogP contribution in [0.4, 0.5) is 0 Å². The van der Waals surface area contributed by atoms with Crippen molar-refractivity contribution >= 4 is 6.29 Å². The molecule has 1 aromatic rings. The van der Waals surface area contributed by atoms with E-state index in [0.717, 1.165) is 5.69 Å². The van der Waals surface area contributed by atoms with Crippen molar-refractivity contribution in [3.05, 3.63) is 18.0 Å². The molecule has 0 saturated heterocycles. The fraction of sp³-hybridized carbons (Fsp3) is 0.600. The Balaban J connectivity index is 2.73. The number of aromatic nitrogens is 2. The van der Waals surface area contributed by atoms with Gasteiger partial charge in [0, 0.05) is 18.7 Å². The van der Waals surface area contributed by atoms with Gasteiger partial charge in [-0.15, -0.1) is 0 Å². The summed E-state index contributed by atoms with van der Waals surface area (Å²) in [5.74, 6) is 0. The Kier molecular flexibility index (Phi) is 3.06. The minimum Gasteiger partial charge on any atom is -0.382 e. The number of aliphatic hydroxyl groups is 1. The Morgan fingerprint density at radius 1 is 1.71 bits per heavy atom. The van der Waals surface area contributed by atoms with Gasteiger partial charge in [-0.25, -0.2) is 0 Å². The third-order valence-electron chi connectivity index (χ3n) is 1.99. The van der Waals surface area contributed by atoms with E-state index in [2.05, 4.69) is 5.10 Å². The Labute approximate surface area is 83.5 Å². The Morgan fingerprint density at radius 2 is 2.36 bits per heavy atom. The molecule has 0 fully saturated rings. The summed E-state index contributed by atoms with van der Waals surface area (Å²) in [4.78, 5) is 10.5. The number of rotatable bonds is 4. The average Bonchev–Trinajstić information content (AvgIpc) is 2.52. The minimum atomic E-state index is -1.31. The van der Waals surface area contributed by atoms with E-state index >= 15 is 0 Å². The second kappa shape index (κ2) is 3.92. The summed E-state index contributed by atoms with van der Waals surface area (Å²) in [6.45, 7) is 5.53. The van der Waals surface area contributed by atoms with Gasteiger partial charge in [-0.2, -0.15) is 5.10 Å². The smallest absolute Gasteiger partial charge is 0.151 e. The number of carbonyl (C=O) groups is 1. The summed E-state index contributed by atoms with van der Waals surface area (Å²) < 4.78 is 1.80. The van der Waals surface area contributed by atoms with Gasteiger partial charge in [-0.3, -0.25) is 4.68 Å². The van der Waals surface area contributed by atoms with Gasteiger partial charge in [0.25, 0.3) is 0 Å². The van der Waals surface area contributed by atoms with Crippen LogP contribution >= 0.6 is 0 Å². The van der Waals surface area contributed by atoms with Gasteiger partial charge in [0.1, 0.15) is 5.60 Å². The quantitative estimate of drug-likeness (QED) is 0.730. The van der Waals surface area contributed by atoms with Gasteiger partial charge in [-0.1, -0.05) is 0 Å². The second-order valence-corrected chi connectivity index (χ2v) is 4.03. The topological polar surface area (TPSA) is 55.1 Å². The van der Waals surface area contributed by atoms with Crippen molar-refractivity contribution in [1.29, 1.82) is 0 Å². The van der Waals surface area contributed by atoms with Crippen molar-refractivity contribution in [2.24, 2.45) is 0 Å². The fourth-order valence-corrected chi connectivity index (χ4v) is 1.17. The molecule has 1 unspecified atom stereocenters. The molecule has 0 bridgehead atoms. The van der Waals surface area contributed by atoms with E-state index in [0.29, 0.717) is 12.3 Å². The molecule has 0 aliphatic rings. The lowest BCUT2D eigenvalue weighted by molar-refractivity contribution is -0.122. The van der Waals surface area contributed by atoms with Crippen LogP contribution in [0.2, 0.25) is 0 Å².